The quantitative estimate of drug-likeness (QED) is 0.572. The van der Waals surface area contributed by atoms with E-state index in [4.69, 9.17) is 0 Å². The maximum absolute atomic E-state index is 12.2. The molecular weight excluding hydrogens is 346 g/mol. The first-order valence-corrected chi connectivity index (χ1v) is 9.16. The lowest BCUT2D eigenvalue weighted by Gasteiger charge is -2.01. The molecule has 2 aromatic heterocycles. The lowest BCUT2D eigenvalue weighted by molar-refractivity contribution is 0.0949. The Hall–Kier alpha value is -3.06. The van der Waals surface area contributed by atoms with E-state index in [2.05, 4.69) is 26.7 Å². The summed E-state index contributed by atoms with van der Waals surface area (Å²) in [6.45, 7) is 1.11. The lowest BCUT2D eigenvalue weighted by atomic mass is 10.2. The van der Waals surface area contributed by atoms with Gasteiger partial charge in [-0.2, -0.15) is 0 Å². The molecule has 1 N–H and O–H groups in total. The predicted molar refractivity (Wildman–Crippen MR) is 101 cm³/mol. The zero-order valence-electron chi connectivity index (χ0n) is 14.0. The predicted octanol–water partition coefficient (Wildman–Crippen LogP) is 2.91. The van der Waals surface area contributed by atoms with Crippen LogP contribution in [0.5, 0.6) is 0 Å². The van der Waals surface area contributed by atoms with Gasteiger partial charge in [-0.05, 0) is 17.7 Å². The van der Waals surface area contributed by atoms with Gasteiger partial charge in [-0.15, -0.1) is 16.4 Å². The summed E-state index contributed by atoms with van der Waals surface area (Å²) in [4.78, 5) is 16.8. The van der Waals surface area contributed by atoms with Crippen LogP contribution in [0.3, 0.4) is 0 Å². The summed E-state index contributed by atoms with van der Waals surface area (Å²) < 4.78 is 2.83. The Morgan fingerprint density at radius 1 is 1.08 bits per heavy atom. The molecule has 0 saturated heterocycles. The summed E-state index contributed by atoms with van der Waals surface area (Å²) in [7, 11) is 0. The number of amides is 1. The van der Waals surface area contributed by atoms with Crippen LogP contribution >= 0.6 is 11.3 Å². The molecule has 0 saturated carbocycles. The number of nitrogens with zero attached hydrogens (tertiary/aromatic N) is 4. The van der Waals surface area contributed by atoms with E-state index >= 15 is 0 Å². The van der Waals surface area contributed by atoms with Crippen LogP contribution in [0.25, 0.3) is 10.2 Å². The van der Waals surface area contributed by atoms with Crippen molar-refractivity contribution in [2.24, 2.45) is 0 Å². The summed E-state index contributed by atoms with van der Waals surface area (Å²) in [6.07, 6.45) is 2.36. The third-order valence-electron chi connectivity index (χ3n) is 3.92. The molecular formula is C19H17N5OS. The summed E-state index contributed by atoms with van der Waals surface area (Å²) in [5.74, 6) is -0.217. The molecule has 0 unspecified atom stereocenters. The third-order valence-corrected chi connectivity index (χ3v) is 5.02. The maximum atomic E-state index is 12.2. The van der Waals surface area contributed by atoms with E-state index in [1.165, 1.54) is 0 Å². The van der Waals surface area contributed by atoms with E-state index in [1.54, 1.807) is 22.2 Å². The van der Waals surface area contributed by atoms with Crippen LogP contribution in [0, 0.1) is 0 Å². The van der Waals surface area contributed by atoms with Gasteiger partial charge < -0.3 is 5.32 Å². The molecule has 130 valence electrons. The molecule has 0 atom stereocenters. The summed E-state index contributed by atoms with van der Waals surface area (Å²) in [5, 5.41) is 11.9. The molecule has 0 aliphatic rings. The van der Waals surface area contributed by atoms with Crippen LogP contribution in [0.2, 0.25) is 0 Å². The Morgan fingerprint density at radius 2 is 1.88 bits per heavy atom. The van der Waals surface area contributed by atoms with Crippen LogP contribution in [0.15, 0.2) is 60.8 Å². The number of para-hydroxylation sites is 1. The number of thiazole rings is 1. The van der Waals surface area contributed by atoms with Crippen LogP contribution in [-0.2, 0) is 13.0 Å². The van der Waals surface area contributed by atoms with Crippen molar-refractivity contribution >= 4 is 27.5 Å². The third kappa shape index (κ3) is 3.78. The van der Waals surface area contributed by atoms with Crippen molar-refractivity contribution in [3.63, 3.8) is 0 Å². The van der Waals surface area contributed by atoms with Crippen molar-refractivity contribution in [3.8, 4) is 0 Å². The number of nitrogens with one attached hydrogen (secondary N) is 1. The molecule has 26 heavy (non-hydrogen) atoms. The van der Waals surface area contributed by atoms with Crippen molar-refractivity contribution in [1.82, 2.24) is 25.3 Å². The molecule has 0 aliphatic carbocycles. The fraction of sp³-hybridized carbons (Fsp3) is 0.158. The minimum atomic E-state index is -0.217. The number of hydrogen-bond acceptors (Lipinski definition) is 5. The van der Waals surface area contributed by atoms with E-state index in [0.717, 1.165) is 20.8 Å². The minimum Gasteiger partial charge on any atom is -0.350 e. The first kappa shape index (κ1) is 16.4. The van der Waals surface area contributed by atoms with Gasteiger partial charge in [0.05, 0.1) is 28.0 Å². The molecule has 7 heteroatoms. The molecule has 1 amide bonds. The van der Waals surface area contributed by atoms with E-state index in [-0.39, 0.29) is 5.91 Å². The summed E-state index contributed by atoms with van der Waals surface area (Å²) in [5.41, 5.74) is 2.44. The Kier molecular flexibility index (Phi) is 4.70. The van der Waals surface area contributed by atoms with Crippen LogP contribution in [0.1, 0.15) is 21.1 Å². The van der Waals surface area contributed by atoms with Gasteiger partial charge in [-0.3, -0.25) is 4.79 Å². The zero-order chi connectivity index (χ0) is 17.8. The average molecular weight is 363 g/mol. The largest absolute Gasteiger partial charge is 0.350 e. The molecule has 0 radical (unpaired) electrons. The smallest absolute Gasteiger partial charge is 0.273 e. The average Bonchev–Trinajstić information content (AvgIpc) is 3.29. The first-order valence-electron chi connectivity index (χ1n) is 8.34. The second-order valence-electron chi connectivity index (χ2n) is 5.87. The maximum Gasteiger partial charge on any atom is 0.273 e. The Morgan fingerprint density at radius 3 is 2.73 bits per heavy atom. The second-order valence-corrected chi connectivity index (χ2v) is 6.98. The lowest BCUT2D eigenvalue weighted by Crippen LogP contribution is -2.26. The van der Waals surface area contributed by atoms with Gasteiger partial charge in [0, 0.05) is 13.0 Å². The number of carbonyl (C=O) groups excluding carboxylic acids is 1. The highest BCUT2D eigenvalue weighted by Gasteiger charge is 2.11. The molecule has 2 heterocycles. The molecule has 2 aromatic carbocycles. The zero-order valence-corrected chi connectivity index (χ0v) is 14.8. The Labute approximate surface area is 154 Å². The van der Waals surface area contributed by atoms with Gasteiger partial charge >= 0.3 is 0 Å². The van der Waals surface area contributed by atoms with Crippen LogP contribution < -0.4 is 5.32 Å². The van der Waals surface area contributed by atoms with E-state index < -0.39 is 0 Å². The van der Waals surface area contributed by atoms with Crippen LogP contribution in [0.4, 0.5) is 0 Å². The second kappa shape index (κ2) is 7.45. The first-order chi connectivity index (χ1) is 12.8. The van der Waals surface area contributed by atoms with E-state index in [9.17, 15) is 4.79 Å². The number of carbonyl (C=O) groups is 1. The van der Waals surface area contributed by atoms with Crippen molar-refractivity contribution in [3.05, 3.63) is 77.1 Å². The molecule has 4 rings (SSSR count). The molecule has 0 aliphatic heterocycles. The fourth-order valence-corrected chi connectivity index (χ4v) is 3.62. The van der Waals surface area contributed by atoms with Gasteiger partial charge in [0.25, 0.3) is 5.91 Å². The molecule has 0 bridgehead atoms. The Balaban J connectivity index is 1.32. The molecule has 6 nitrogen and oxygen atoms in total. The van der Waals surface area contributed by atoms with Crippen LogP contribution in [-0.4, -0.2) is 32.4 Å². The minimum absolute atomic E-state index is 0.217. The van der Waals surface area contributed by atoms with Gasteiger partial charge in [0.2, 0.25) is 0 Å². The number of rotatable bonds is 6. The summed E-state index contributed by atoms with van der Waals surface area (Å²) in [6, 6.07) is 18.0. The SMILES string of the molecule is O=C(NCCc1nc2ccccc2s1)c1cn(Cc2ccccc2)nn1. The van der Waals surface area contributed by atoms with Gasteiger partial charge in [0.1, 0.15) is 0 Å². The topological polar surface area (TPSA) is 72.7 Å². The van der Waals surface area contributed by atoms with Gasteiger partial charge in [-0.25, -0.2) is 9.67 Å². The van der Waals surface area contributed by atoms with E-state index in [0.29, 0.717) is 25.2 Å². The molecule has 0 fully saturated rings. The number of aromatic nitrogens is 4. The highest BCUT2D eigenvalue weighted by atomic mass is 32.1. The van der Waals surface area contributed by atoms with Crippen molar-refractivity contribution in [2.75, 3.05) is 6.54 Å². The molecule has 4 aromatic rings. The highest BCUT2D eigenvalue weighted by Crippen LogP contribution is 2.21. The van der Waals surface area contributed by atoms with E-state index in [1.807, 2.05) is 48.5 Å². The standard InChI is InChI=1S/C19H17N5OS/c25-19(16-13-24(23-22-16)12-14-6-2-1-3-7-14)20-11-10-18-21-15-8-4-5-9-17(15)26-18/h1-9,13H,10-12H2,(H,20,25). The highest BCUT2D eigenvalue weighted by molar-refractivity contribution is 7.18. The van der Waals surface area contributed by atoms with Crippen molar-refractivity contribution in [1.29, 1.82) is 0 Å². The monoisotopic (exact) mass is 363 g/mol. The number of benzene rings is 2. The molecule has 0 spiro atoms. The van der Waals surface area contributed by atoms with Crippen molar-refractivity contribution in [2.45, 2.75) is 13.0 Å². The van der Waals surface area contributed by atoms with Gasteiger partial charge in [-0.1, -0.05) is 47.7 Å². The summed E-state index contributed by atoms with van der Waals surface area (Å²) >= 11 is 1.66. The number of hydrogen-bond donors (Lipinski definition) is 1. The fourth-order valence-electron chi connectivity index (χ4n) is 2.65. The Bertz CT molecular complexity index is 992. The van der Waals surface area contributed by atoms with Crippen molar-refractivity contribution < 1.29 is 4.79 Å². The number of fused-ring (bicyclic) bond motifs is 1. The van der Waals surface area contributed by atoms with Gasteiger partial charge in [0.15, 0.2) is 5.69 Å². The normalized spacial score (nSPS) is 10.9.